The first kappa shape index (κ1) is 103. The van der Waals surface area contributed by atoms with Crippen LogP contribution >= 0.6 is 11.5 Å². The third-order valence-corrected chi connectivity index (χ3v) is 15.2. The van der Waals surface area contributed by atoms with E-state index < -0.39 is 0 Å². The highest BCUT2D eigenvalue weighted by Gasteiger charge is 2.16. The summed E-state index contributed by atoms with van der Waals surface area (Å²) in [5, 5.41) is 15.3. The number of para-hydroxylation sites is 2. The monoisotopic (exact) mass is 1440 g/mol. The van der Waals surface area contributed by atoms with Crippen molar-refractivity contribution in [3.63, 3.8) is 0 Å². The van der Waals surface area contributed by atoms with Gasteiger partial charge in [0.1, 0.15) is 29.1 Å². The molecule has 0 spiro atoms. The molecule has 8 N–H and O–H groups in total. The Labute approximate surface area is 635 Å². The minimum Gasteiger partial charge on any atom is -0.384 e. The maximum atomic E-state index is 5.35. The standard InChI is InChI=1S/2C11H16N2.2C9H12N2.C8H8N2.2C6H8N2.2C6H7N.C2H2N2S.C2H6.9CH4/c1-10-4-8-13(9-5-10)11-2-6-12-7-3-11;1-10-3-2-4-11(9-10)13-7-5-12-6-8-13;1-7-4-5-8-3-2-6-10-9(8)11-7;1-7-4-6-11-9-8(7)3-2-5-10-9;1-6-9-7-4-2-3-5-8(7)10-6;1-5-2-3-8-6(7)4-5;1-5-3-2-4-6(7)8-5;1-6-2-4-7-5-3-6;1-6-4-2-3-5-7-6;1-2-5-4-3-1;1-2;;;;;;;;;/h2-3,6-7,10H,4-5,8-9H2,1H3;2-4,9,12H,5-8H2,1H3;4-5H,2-3,6H2,1H3,(H,10,11);4,6H,2-3,5H2,1H3,(H,10,11);2-5H,1H3,(H,9,10);2*2-4H,1H3,(H2,7,8);2*2-5H,1H3;1-2H;1-2H3;9*1H4. The van der Waals surface area contributed by atoms with Crippen LogP contribution in [0.1, 0.15) is 170 Å². The van der Waals surface area contributed by atoms with E-state index in [0.29, 0.717) is 11.6 Å². The lowest BCUT2D eigenvalue weighted by Crippen LogP contribution is -2.43. The minimum atomic E-state index is 0. The van der Waals surface area contributed by atoms with Gasteiger partial charge in [0.25, 0.3) is 0 Å². The highest BCUT2D eigenvalue weighted by atomic mass is 32.1. The Bertz CT molecular complexity index is 3580. The van der Waals surface area contributed by atoms with Crippen LogP contribution in [0, 0.1) is 61.3 Å². The lowest BCUT2D eigenvalue weighted by atomic mass is 9.99. The molecule has 0 saturated carbocycles. The number of benzene rings is 2. The van der Waals surface area contributed by atoms with Crippen LogP contribution in [-0.4, -0.2) is 107 Å². The maximum absolute atomic E-state index is 5.35. The maximum Gasteiger partial charge on any atom is 0.129 e. The molecule has 4 aliphatic heterocycles. The molecule has 0 radical (unpaired) electrons. The Morgan fingerprint density at radius 1 is 0.452 bits per heavy atom. The van der Waals surface area contributed by atoms with Gasteiger partial charge in [0.05, 0.1) is 17.2 Å². The van der Waals surface area contributed by atoms with Gasteiger partial charge in [0, 0.05) is 130 Å². The van der Waals surface area contributed by atoms with E-state index in [1.807, 2.05) is 158 Å². The van der Waals surface area contributed by atoms with Crippen molar-refractivity contribution in [2.45, 2.75) is 182 Å². The number of anilines is 6. The molecule has 104 heavy (non-hydrogen) atoms. The largest absolute Gasteiger partial charge is 0.384 e. The molecule has 13 heterocycles. The van der Waals surface area contributed by atoms with E-state index in [1.165, 1.54) is 102 Å². The topological polar surface area (TPSA) is 239 Å². The second-order valence-electron chi connectivity index (χ2n) is 22.8. The average molecular weight is 1440 g/mol. The molecule has 0 unspecified atom stereocenters. The predicted molar refractivity (Wildman–Crippen MR) is 460 cm³/mol. The summed E-state index contributed by atoms with van der Waals surface area (Å²) in [7, 11) is 0. The molecule has 0 aliphatic carbocycles. The van der Waals surface area contributed by atoms with Crippen LogP contribution in [0.2, 0.25) is 0 Å². The number of aromatic amines is 1. The van der Waals surface area contributed by atoms with Crippen LogP contribution in [0.25, 0.3) is 11.0 Å². The summed E-state index contributed by atoms with van der Waals surface area (Å²) >= 11 is 1.35. The second kappa shape index (κ2) is 60.8. The average Bonchev–Trinajstić information content (AvgIpc) is 0.925. The SMILES string of the molecule is C.C.C.C.C.C.C.C.C.CC.CC1CCN(c2ccncc2)CC1.Cc1ccc2c(n1)NCCC2.Cc1cccc(N)n1.Cc1cccc(N2CCNCC2)c1.Cc1ccccn1.Cc1ccnc(N)c1.Cc1ccnc2c1CCCN2.Cc1ccncc1.Cc1nc2ccccc2[nH]1.c1csnn1. The van der Waals surface area contributed by atoms with Crippen molar-refractivity contribution >= 4 is 57.2 Å². The fraction of sp³-hybridized carbons (Fsp3) is 0.412. The molecule has 19 heteroatoms. The van der Waals surface area contributed by atoms with Gasteiger partial charge in [0.2, 0.25) is 0 Å². The van der Waals surface area contributed by atoms with E-state index in [9.17, 15) is 0 Å². The van der Waals surface area contributed by atoms with Gasteiger partial charge < -0.3 is 42.2 Å². The van der Waals surface area contributed by atoms with E-state index in [2.05, 4.69) is 156 Å². The number of nitrogens with two attached hydrogens (primary N) is 2. The normalized spacial score (nSPS) is 11.8. The van der Waals surface area contributed by atoms with Crippen LogP contribution in [0.4, 0.5) is 34.6 Å². The van der Waals surface area contributed by atoms with Crippen molar-refractivity contribution in [2.24, 2.45) is 5.92 Å². The molecule has 9 aromatic heterocycles. The van der Waals surface area contributed by atoms with E-state index >= 15 is 0 Å². The first-order valence-corrected chi connectivity index (χ1v) is 33.8. The van der Waals surface area contributed by atoms with Crippen molar-refractivity contribution in [1.82, 2.24) is 59.8 Å². The van der Waals surface area contributed by atoms with Crippen LogP contribution < -0.4 is 37.2 Å². The van der Waals surface area contributed by atoms with E-state index in [1.54, 1.807) is 37.1 Å². The van der Waals surface area contributed by atoms with Gasteiger partial charge in [0.15, 0.2) is 0 Å². The third kappa shape index (κ3) is 42.0. The van der Waals surface area contributed by atoms with Crippen molar-refractivity contribution < 1.29 is 0 Å². The molecule has 2 aromatic carbocycles. The molecule has 574 valence electrons. The quantitative estimate of drug-likeness (QED) is 0.0943. The number of nitrogens with one attached hydrogen (secondary N) is 4. The number of hydrogen-bond acceptors (Lipinski definition) is 18. The summed E-state index contributed by atoms with van der Waals surface area (Å²) in [5.74, 6) is 5.24. The molecule has 0 bridgehead atoms. The first-order chi connectivity index (χ1) is 46.2. The van der Waals surface area contributed by atoms with Gasteiger partial charge in [-0.2, -0.15) is 0 Å². The Balaban J connectivity index is -0.000000348. The molecule has 15 rings (SSSR count). The summed E-state index contributed by atoms with van der Waals surface area (Å²) < 4.78 is 3.51. The number of piperidine rings is 1. The molecule has 0 amide bonds. The number of rotatable bonds is 2. The zero-order valence-electron chi connectivity index (χ0n) is 57.9. The number of aryl methyl sites for hydroxylation is 9. The van der Waals surface area contributed by atoms with Crippen molar-refractivity contribution in [1.29, 1.82) is 0 Å². The molecule has 18 nitrogen and oxygen atoms in total. The zero-order valence-corrected chi connectivity index (χ0v) is 58.7. The summed E-state index contributed by atoms with van der Waals surface area (Å²) in [6.07, 6.45) is 21.8. The Morgan fingerprint density at radius 3 is 1.54 bits per heavy atom. The van der Waals surface area contributed by atoms with Crippen LogP contribution in [0.3, 0.4) is 0 Å². The fourth-order valence-electron chi connectivity index (χ4n) is 9.74. The number of imidazole rings is 1. The van der Waals surface area contributed by atoms with Crippen LogP contribution in [0.5, 0.6) is 0 Å². The van der Waals surface area contributed by atoms with Gasteiger partial charge in [-0.25, -0.2) is 24.9 Å². The Hall–Kier alpha value is -9.72. The summed E-state index contributed by atoms with van der Waals surface area (Å²) in [5.41, 5.74) is 26.5. The van der Waals surface area contributed by atoms with Gasteiger partial charge in [-0.05, 0) is 242 Å². The molecule has 2 fully saturated rings. The summed E-state index contributed by atoms with van der Waals surface area (Å²) in [6.45, 7) is 31.5. The molecule has 0 atom stereocenters. The number of pyridine rings is 7. The highest BCUT2D eigenvalue weighted by Crippen LogP contribution is 2.24. The Morgan fingerprint density at radius 2 is 1.03 bits per heavy atom. The lowest BCUT2D eigenvalue weighted by molar-refractivity contribution is 0.438. The number of nitrogen functional groups attached to an aromatic ring is 2. The Kier molecular flexibility index (Phi) is 60.2. The van der Waals surface area contributed by atoms with Gasteiger partial charge in [-0.1, -0.05) is 135 Å². The summed E-state index contributed by atoms with van der Waals surface area (Å²) in [6, 6.07) is 46.4. The smallest absolute Gasteiger partial charge is 0.129 e. The lowest BCUT2D eigenvalue weighted by Gasteiger charge is -2.31. The molecule has 2 saturated heterocycles. The van der Waals surface area contributed by atoms with Crippen molar-refractivity contribution in [3.05, 3.63) is 251 Å². The van der Waals surface area contributed by atoms with Gasteiger partial charge >= 0.3 is 0 Å². The molecular formula is C85H138N18S. The van der Waals surface area contributed by atoms with E-state index in [-0.39, 0.29) is 66.8 Å². The number of aromatic nitrogens is 11. The van der Waals surface area contributed by atoms with Crippen molar-refractivity contribution in [2.75, 3.05) is 84.3 Å². The van der Waals surface area contributed by atoms with Crippen LogP contribution in [-0.2, 0) is 12.8 Å². The third-order valence-electron chi connectivity index (χ3n) is 14.8. The van der Waals surface area contributed by atoms with Gasteiger partial charge in [-0.3, -0.25) is 15.0 Å². The predicted octanol–water partition coefficient (Wildman–Crippen LogP) is 21.1. The van der Waals surface area contributed by atoms with Crippen LogP contribution in [0.15, 0.2) is 194 Å². The molecule has 4 aliphatic rings. The number of piperazine rings is 1. The summed E-state index contributed by atoms with van der Waals surface area (Å²) in [4.78, 5) is 40.6. The van der Waals surface area contributed by atoms with Crippen molar-refractivity contribution in [3.8, 4) is 0 Å². The van der Waals surface area contributed by atoms with Gasteiger partial charge in [-0.15, -0.1) is 5.10 Å². The second-order valence-corrected chi connectivity index (χ2v) is 23.5. The van der Waals surface area contributed by atoms with E-state index in [0.717, 1.165) is 96.3 Å². The van der Waals surface area contributed by atoms with E-state index in [4.69, 9.17) is 11.5 Å². The number of fused-ring (bicyclic) bond motifs is 3. The number of hydrogen-bond donors (Lipinski definition) is 6. The highest BCUT2D eigenvalue weighted by molar-refractivity contribution is 7.03. The first-order valence-electron chi connectivity index (χ1n) is 33.0. The molecular weight excluding hydrogens is 1310 g/mol. The number of H-pyrrole nitrogens is 1. The fourth-order valence-corrected chi connectivity index (χ4v) is 10.0. The minimum absolute atomic E-state index is 0. The molecule has 11 aromatic rings. The number of nitrogens with zero attached hydrogens (tertiary/aromatic N) is 12. The zero-order chi connectivity index (χ0) is 68.3.